The van der Waals surface area contributed by atoms with Crippen LogP contribution in [0.2, 0.25) is 0 Å². The van der Waals surface area contributed by atoms with E-state index < -0.39 is 14.5 Å². The average molecular weight is 286 g/mol. The maximum absolute atomic E-state index is 10.2. The smallest absolute Gasteiger partial charge is 0.552 e. The second kappa shape index (κ2) is 5.46. The number of rotatable bonds is 4. The van der Waals surface area contributed by atoms with Crippen molar-refractivity contribution in [2.75, 3.05) is 0 Å². The van der Waals surface area contributed by atoms with E-state index in [1.165, 1.54) is 0 Å². The number of hydrogen-bond acceptors (Lipinski definition) is 4. The average Bonchev–Trinajstić information content (AvgIpc) is 2.15. The lowest BCUT2D eigenvalue weighted by Crippen LogP contribution is -2.03. The van der Waals surface area contributed by atoms with E-state index in [1.807, 2.05) is 0 Å². The fraction of sp³-hybridized carbons (Fsp3) is 0. The maximum Gasteiger partial charge on any atom is 0.552 e. The van der Waals surface area contributed by atoms with E-state index in [0.29, 0.717) is 15.8 Å². The van der Waals surface area contributed by atoms with Crippen molar-refractivity contribution in [2.45, 2.75) is 4.90 Å². The molecule has 0 saturated carbocycles. The van der Waals surface area contributed by atoms with Crippen molar-refractivity contribution in [1.29, 1.82) is 0 Å². The summed E-state index contributed by atoms with van der Waals surface area (Å²) in [4.78, 5) is 37.3. The first-order valence-electron chi connectivity index (χ1n) is 3.79. The lowest BCUT2D eigenvalue weighted by molar-refractivity contribution is -0.268. The van der Waals surface area contributed by atoms with Crippen molar-refractivity contribution >= 4 is 25.5 Å². The predicted molar refractivity (Wildman–Crippen MR) is 55.4 cm³/mol. The van der Waals surface area contributed by atoms with E-state index in [2.05, 4.69) is 9.35 Å². The molecule has 0 aliphatic heterocycles. The van der Waals surface area contributed by atoms with Crippen LogP contribution in [0, 0.1) is 0 Å². The van der Waals surface area contributed by atoms with Gasteiger partial charge in [-0.3, -0.25) is 14.4 Å². The van der Waals surface area contributed by atoms with Gasteiger partial charge in [0.2, 0.25) is 4.90 Å². The number of hydrogen-bond donors (Lipinski definition) is 3. The quantitative estimate of drug-likeness (QED) is 0.313. The van der Waals surface area contributed by atoms with Gasteiger partial charge in [0, 0.05) is 12.1 Å². The van der Waals surface area contributed by atoms with Gasteiger partial charge in [0.1, 0.15) is 0 Å². The Kier molecular flexibility index (Phi) is 4.75. The van der Waals surface area contributed by atoms with Crippen LogP contribution in [0.1, 0.15) is 0 Å². The van der Waals surface area contributed by atoms with Gasteiger partial charge in [-0.15, -0.1) is 4.67 Å². The van der Waals surface area contributed by atoms with Gasteiger partial charge in [-0.05, 0) is 0 Å². The van der Waals surface area contributed by atoms with Gasteiger partial charge in [-0.1, -0.05) is 18.2 Å². The first-order valence-corrected chi connectivity index (χ1v) is 8.32. The summed E-state index contributed by atoms with van der Waals surface area (Å²) in [7, 11) is -4.65. The summed E-state index contributed by atoms with van der Waals surface area (Å²) >= 11 is 0. The van der Waals surface area contributed by atoms with Crippen LogP contribution in [0.3, 0.4) is 0 Å². The standard InChI is InChI=1S/C6H8O7P2S/c7-14(8,9)12-13-15(10,11)16-6-4-2-1-3-5-6/h1-5H,(H3-,7,8,9,10,11). The Morgan fingerprint density at radius 3 is 2.19 bits per heavy atom. The van der Waals surface area contributed by atoms with Gasteiger partial charge in [0.05, 0.1) is 0 Å². The summed E-state index contributed by atoms with van der Waals surface area (Å²) in [5.41, 5.74) is 0. The monoisotopic (exact) mass is 286 g/mol. The predicted octanol–water partition coefficient (Wildman–Crippen LogP) is 0.199. The topological polar surface area (TPSA) is 119 Å². The molecule has 0 aliphatic carbocycles. The third-order valence-electron chi connectivity index (χ3n) is 1.19. The van der Waals surface area contributed by atoms with Crippen molar-refractivity contribution in [2.24, 2.45) is 0 Å². The van der Waals surface area contributed by atoms with Gasteiger partial charge in [-0.25, -0.2) is 0 Å². The molecule has 1 unspecified atom stereocenters. The van der Waals surface area contributed by atoms with Crippen LogP contribution in [0.5, 0.6) is 0 Å². The Labute approximate surface area is 94.7 Å². The van der Waals surface area contributed by atoms with Gasteiger partial charge < -0.3 is 9.79 Å². The highest BCUT2D eigenvalue weighted by Crippen LogP contribution is 2.46. The molecule has 90 valence electrons. The van der Waals surface area contributed by atoms with Gasteiger partial charge >= 0.3 is 6.72 Å². The number of benzene rings is 1. The van der Waals surface area contributed by atoms with Gasteiger partial charge in [-0.2, -0.15) is 4.67 Å². The first kappa shape index (κ1) is 13.9. The molecule has 1 rings (SSSR count). The van der Waals surface area contributed by atoms with Crippen molar-refractivity contribution in [3.63, 3.8) is 0 Å². The largest absolute Gasteiger partial charge is 0.755 e. The van der Waals surface area contributed by atoms with Gasteiger partial charge in [0.15, 0.2) is 0 Å². The lowest BCUT2D eigenvalue weighted by atomic mass is 10.4. The molecule has 0 bridgehead atoms. The van der Waals surface area contributed by atoms with E-state index in [1.54, 1.807) is 30.3 Å². The summed E-state index contributed by atoms with van der Waals surface area (Å²) in [6, 6.07) is 8.13. The zero-order valence-electron chi connectivity index (χ0n) is 7.66. The molecule has 0 fully saturated rings. The molecule has 3 N–H and O–H groups in total. The molecule has 1 aromatic carbocycles. The third-order valence-corrected chi connectivity index (χ3v) is 4.09. The lowest BCUT2D eigenvalue weighted by Gasteiger charge is -2.12. The highest BCUT2D eigenvalue weighted by atomic mass is 32.5. The first-order chi connectivity index (χ1) is 7.29. The molecule has 0 aromatic heterocycles. The zero-order valence-corrected chi connectivity index (χ0v) is 10.3. The summed E-state index contributed by atoms with van der Waals surface area (Å²) in [6.07, 6.45) is 0. The molecular weight excluding hydrogens is 278 g/mol. The van der Waals surface area contributed by atoms with Crippen LogP contribution in [-0.4, -0.2) is 14.7 Å². The van der Waals surface area contributed by atoms with E-state index in [4.69, 9.17) is 4.89 Å². The highest BCUT2D eigenvalue weighted by Gasteiger charge is 2.30. The molecule has 16 heavy (non-hydrogen) atoms. The van der Waals surface area contributed by atoms with E-state index in [0.717, 1.165) is 0 Å². The second-order valence-corrected chi connectivity index (χ2v) is 7.36. The summed E-state index contributed by atoms with van der Waals surface area (Å²) in [5.74, 6) is 0. The van der Waals surface area contributed by atoms with Crippen molar-refractivity contribution in [3.05, 3.63) is 30.3 Å². The van der Waals surface area contributed by atoms with Crippen LogP contribution in [0.15, 0.2) is 35.2 Å². The van der Waals surface area contributed by atoms with E-state index >= 15 is 0 Å². The highest BCUT2D eigenvalue weighted by molar-refractivity contribution is 8.16. The second-order valence-electron chi connectivity index (χ2n) is 2.51. The van der Waals surface area contributed by atoms with Crippen molar-refractivity contribution < 1.29 is 33.5 Å². The Morgan fingerprint density at radius 2 is 1.69 bits per heavy atom. The Hall–Kier alpha value is -0.140. The zero-order chi connectivity index (χ0) is 12.2. The molecule has 7 nitrogen and oxygen atoms in total. The van der Waals surface area contributed by atoms with E-state index in [-0.39, 0.29) is 0 Å². The van der Waals surface area contributed by atoms with Crippen LogP contribution >= 0.6 is 14.5 Å². The normalized spacial score (nSPS) is 15.5. The Morgan fingerprint density at radius 1 is 1.12 bits per heavy atom. The summed E-state index contributed by atoms with van der Waals surface area (Å²) in [6.45, 7) is -4.10. The van der Waals surface area contributed by atoms with Crippen LogP contribution in [-0.2, 0) is 24.9 Å². The molecule has 0 heterocycles. The molecule has 1 aromatic rings. The Bertz CT molecular complexity index is 435. The molecule has 10 heteroatoms. The fourth-order valence-corrected chi connectivity index (χ4v) is 3.51. The molecular formula is C6H8O7P2S. The molecule has 0 radical (unpaired) electrons. The van der Waals surface area contributed by atoms with E-state index in [9.17, 15) is 19.2 Å². The minimum atomic E-state index is -5.14. The molecule has 0 amide bonds. The summed E-state index contributed by atoms with van der Waals surface area (Å²) in [5, 5.41) is 0. The number of phosphoric acid groups is 1. The van der Waals surface area contributed by atoms with Crippen LogP contribution in [0.4, 0.5) is 0 Å². The fourth-order valence-electron chi connectivity index (χ4n) is 0.719. The summed E-state index contributed by atoms with van der Waals surface area (Å²) < 4.78 is 17.5. The minimum Gasteiger partial charge on any atom is -0.755 e. The SMILES string of the molecule is O=P([O-])(O)OOP(O)(O)=[S+]c1ccccc1. The van der Waals surface area contributed by atoms with Crippen molar-refractivity contribution in [3.8, 4) is 0 Å². The minimum absolute atomic E-state index is 0.447. The third kappa shape index (κ3) is 5.81. The molecule has 0 aliphatic rings. The van der Waals surface area contributed by atoms with Crippen molar-refractivity contribution in [1.82, 2.24) is 0 Å². The van der Waals surface area contributed by atoms with Gasteiger partial charge in [0.25, 0.3) is 18.8 Å². The molecule has 1 atom stereocenters. The molecule has 0 saturated heterocycles. The maximum atomic E-state index is 10.2. The van der Waals surface area contributed by atoms with Crippen LogP contribution < -0.4 is 4.89 Å². The molecule has 0 spiro atoms. The Balaban J connectivity index is 2.78. The van der Waals surface area contributed by atoms with Crippen LogP contribution in [0.25, 0.3) is 0 Å².